The summed E-state index contributed by atoms with van der Waals surface area (Å²) in [5.74, 6) is 0. The predicted molar refractivity (Wildman–Crippen MR) is 253 cm³/mol. The number of anilines is 3. The molecular formula is C57H41NS. The summed E-state index contributed by atoms with van der Waals surface area (Å²) in [6.07, 6.45) is 0. The van der Waals surface area contributed by atoms with Crippen LogP contribution in [0.3, 0.4) is 0 Å². The van der Waals surface area contributed by atoms with Gasteiger partial charge in [0, 0.05) is 42.6 Å². The zero-order chi connectivity index (χ0) is 39.5. The van der Waals surface area contributed by atoms with Crippen molar-refractivity contribution < 1.29 is 0 Å². The van der Waals surface area contributed by atoms with Gasteiger partial charge >= 0.3 is 0 Å². The molecule has 280 valence electrons. The van der Waals surface area contributed by atoms with E-state index in [1.807, 2.05) is 11.3 Å². The number of hydrogen-bond acceptors (Lipinski definition) is 2. The van der Waals surface area contributed by atoms with Crippen LogP contribution in [-0.4, -0.2) is 0 Å². The minimum absolute atomic E-state index is 0.141. The van der Waals surface area contributed by atoms with E-state index >= 15 is 0 Å². The minimum Gasteiger partial charge on any atom is -0.310 e. The van der Waals surface area contributed by atoms with E-state index < -0.39 is 0 Å². The Morgan fingerprint density at radius 3 is 1.36 bits per heavy atom. The van der Waals surface area contributed by atoms with Crippen molar-refractivity contribution in [3.63, 3.8) is 0 Å². The maximum absolute atomic E-state index is 2.41. The van der Waals surface area contributed by atoms with Crippen molar-refractivity contribution in [2.75, 3.05) is 4.90 Å². The first kappa shape index (κ1) is 35.2. The third-order valence-electron chi connectivity index (χ3n) is 12.3. The molecule has 9 aromatic carbocycles. The first-order valence-corrected chi connectivity index (χ1v) is 21.2. The predicted octanol–water partition coefficient (Wildman–Crippen LogP) is 16.5. The summed E-state index contributed by atoms with van der Waals surface area (Å²) in [6, 6.07) is 77.8. The van der Waals surface area contributed by atoms with E-state index in [4.69, 9.17) is 0 Å². The molecule has 59 heavy (non-hydrogen) atoms. The van der Waals surface area contributed by atoms with Gasteiger partial charge in [0.05, 0.1) is 0 Å². The molecule has 0 unspecified atom stereocenters. The molecule has 0 fully saturated rings. The quantitative estimate of drug-likeness (QED) is 0.156. The number of fused-ring (bicyclic) bond motifs is 6. The Morgan fingerprint density at radius 2 is 0.746 bits per heavy atom. The van der Waals surface area contributed by atoms with Crippen molar-refractivity contribution in [3.05, 3.63) is 223 Å². The lowest BCUT2D eigenvalue weighted by Gasteiger charge is -2.28. The van der Waals surface area contributed by atoms with Gasteiger partial charge in [0.1, 0.15) is 0 Å². The van der Waals surface area contributed by atoms with Crippen molar-refractivity contribution in [2.24, 2.45) is 0 Å². The Kier molecular flexibility index (Phi) is 8.43. The summed E-state index contributed by atoms with van der Waals surface area (Å²) < 4.78 is 2.67. The van der Waals surface area contributed by atoms with Gasteiger partial charge in [-0.25, -0.2) is 0 Å². The van der Waals surface area contributed by atoms with Gasteiger partial charge in [-0.15, -0.1) is 11.3 Å². The van der Waals surface area contributed by atoms with Crippen molar-refractivity contribution in [2.45, 2.75) is 19.3 Å². The second-order valence-corrected chi connectivity index (χ2v) is 17.1. The molecule has 0 saturated carbocycles. The van der Waals surface area contributed by atoms with Crippen LogP contribution in [0.5, 0.6) is 0 Å². The van der Waals surface area contributed by atoms with Gasteiger partial charge < -0.3 is 4.90 Å². The lowest BCUT2D eigenvalue weighted by atomic mass is 9.81. The molecule has 1 heterocycles. The summed E-state index contributed by atoms with van der Waals surface area (Å²) in [4.78, 5) is 2.39. The molecule has 0 amide bonds. The molecule has 0 radical (unpaired) electrons. The fourth-order valence-electron chi connectivity index (χ4n) is 9.24. The van der Waals surface area contributed by atoms with E-state index in [0.717, 1.165) is 17.1 Å². The fraction of sp³-hybridized carbons (Fsp3) is 0.0526. The van der Waals surface area contributed by atoms with Crippen LogP contribution in [-0.2, 0) is 5.41 Å². The molecule has 0 aliphatic heterocycles. The van der Waals surface area contributed by atoms with Crippen molar-refractivity contribution in [3.8, 4) is 55.6 Å². The zero-order valence-corrected chi connectivity index (χ0v) is 33.9. The summed E-state index contributed by atoms with van der Waals surface area (Å²) in [5, 5.41) is 2.64. The molecule has 0 spiro atoms. The molecule has 2 heteroatoms. The van der Waals surface area contributed by atoms with Crippen molar-refractivity contribution in [1.82, 2.24) is 0 Å². The smallest absolute Gasteiger partial charge is 0.0465 e. The Morgan fingerprint density at radius 1 is 0.322 bits per heavy atom. The van der Waals surface area contributed by atoms with E-state index in [9.17, 15) is 0 Å². The van der Waals surface area contributed by atoms with E-state index in [-0.39, 0.29) is 5.41 Å². The van der Waals surface area contributed by atoms with Crippen molar-refractivity contribution in [1.29, 1.82) is 0 Å². The van der Waals surface area contributed by atoms with Gasteiger partial charge in [-0.2, -0.15) is 0 Å². The van der Waals surface area contributed by atoms with Gasteiger partial charge in [-0.1, -0.05) is 184 Å². The molecule has 1 aromatic heterocycles. The Hall–Kier alpha value is -7.00. The van der Waals surface area contributed by atoms with Gasteiger partial charge in [-0.05, 0) is 109 Å². The number of nitrogens with zero attached hydrogens (tertiary/aromatic N) is 1. The van der Waals surface area contributed by atoms with Crippen LogP contribution >= 0.6 is 11.3 Å². The van der Waals surface area contributed by atoms with Gasteiger partial charge in [0.15, 0.2) is 0 Å². The van der Waals surface area contributed by atoms with Crippen LogP contribution in [0.4, 0.5) is 17.1 Å². The van der Waals surface area contributed by atoms with E-state index in [1.54, 1.807) is 0 Å². The molecule has 1 nitrogen and oxygen atoms in total. The second-order valence-electron chi connectivity index (χ2n) is 16.1. The fourth-order valence-corrected chi connectivity index (χ4v) is 10.6. The van der Waals surface area contributed by atoms with E-state index in [2.05, 4.69) is 231 Å². The van der Waals surface area contributed by atoms with Gasteiger partial charge in [-0.3, -0.25) is 0 Å². The monoisotopic (exact) mass is 771 g/mol. The van der Waals surface area contributed by atoms with Crippen LogP contribution in [0.1, 0.15) is 25.0 Å². The number of benzene rings is 9. The van der Waals surface area contributed by atoms with E-state index in [0.29, 0.717) is 0 Å². The molecule has 10 aromatic rings. The normalized spacial score (nSPS) is 12.7. The average Bonchev–Trinajstić information content (AvgIpc) is 3.79. The first-order valence-electron chi connectivity index (χ1n) is 20.4. The zero-order valence-electron chi connectivity index (χ0n) is 33.1. The SMILES string of the molecule is CC1(C)c2cc(-c3ccccc3)ccc2-c2ccc(N(c3ccccc3)c3ccc(-c4ccc(-c5cccc6c5sc5c(-c7ccccc7)cccc56)cc4)cc3)cc21. The molecule has 0 saturated heterocycles. The highest BCUT2D eigenvalue weighted by atomic mass is 32.1. The van der Waals surface area contributed by atoms with Crippen LogP contribution in [0, 0.1) is 0 Å². The Bertz CT molecular complexity index is 3140. The van der Waals surface area contributed by atoms with E-state index in [1.165, 1.54) is 86.9 Å². The third-order valence-corrected chi connectivity index (χ3v) is 13.6. The molecule has 0 bridgehead atoms. The number of thiophene rings is 1. The average molecular weight is 772 g/mol. The second kappa shape index (κ2) is 14.1. The van der Waals surface area contributed by atoms with Crippen molar-refractivity contribution >= 4 is 48.6 Å². The number of rotatable bonds is 7. The summed E-state index contributed by atoms with van der Waals surface area (Å²) in [5.41, 5.74) is 18.6. The standard InChI is InChI=1S/C57H41NS/c1-57(2)53-36-43(38-14-6-3-7-15-38)30-34-49(53)50-35-33-46(37-54(50)57)58(44-18-10-5-11-19-44)45-31-28-40(29-32-45)39-24-26-42(27-25-39)48-21-13-23-52-51-22-12-20-47(55(51)59-56(48)52)41-16-8-4-9-17-41/h3-37H,1-2H3. The largest absolute Gasteiger partial charge is 0.310 e. The van der Waals surface area contributed by atoms with Crippen LogP contribution in [0.2, 0.25) is 0 Å². The van der Waals surface area contributed by atoms with Crippen LogP contribution in [0.15, 0.2) is 212 Å². The maximum Gasteiger partial charge on any atom is 0.0465 e. The Balaban J connectivity index is 0.914. The minimum atomic E-state index is -0.141. The maximum atomic E-state index is 2.41. The highest BCUT2D eigenvalue weighted by molar-refractivity contribution is 7.26. The molecule has 0 N–H and O–H groups in total. The molecular weight excluding hydrogens is 731 g/mol. The third kappa shape index (κ3) is 5.99. The van der Waals surface area contributed by atoms with Crippen LogP contribution in [0.25, 0.3) is 75.8 Å². The number of hydrogen-bond donors (Lipinski definition) is 0. The Labute approximate surface area is 350 Å². The lowest BCUT2D eigenvalue weighted by Crippen LogP contribution is -2.16. The van der Waals surface area contributed by atoms with Crippen LogP contribution < -0.4 is 4.90 Å². The molecule has 1 aliphatic carbocycles. The topological polar surface area (TPSA) is 3.24 Å². The lowest BCUT2D eigenvalue weighted by molar-refractivity contribution is 0.660. The summed E-state index contributed by atoms with van der Waals surface area (Å²) in [6.45, 7) is 4.74. The summed E-state index contributed by atoms with van der Waals surface area (Å²) in [7, 11) is 0. The first-order chi connectivity index (χ1) is 29.0. The number of para-hydroxylation sites is 1. The molecule has 1 aliphatic rings. The van der Waals surface area contributed by atoms with Gasteiger partial charge in [0.2, 0.25) is 0 Å². The highest BCUT2D eigenvalue weighted by Gasteiger charge is 2.36. The molecule has 11 rings (SSSR count). The molecule has 0 atom stereocenters. The summed E-state index contributed by atoms with van der Waals surface area (Å²) >= 11 is 1.90. The highest BCUT2D eigenvalue weighted by Crippen LogP contribution is 2.52. The van der Waals surface area contributed by atoms with Gasteiger partial charge in [0.25, 0.3) is 0 Å².